The Balaban J connectivity index is 3.27. The molecule has 0 aliphatic carbocycles. The van der Waals surface area contributed by atoms with E-state index in [0.29, 0.717) is 6.42 Å². The van der Waals surface area contributed by atoms with Crippen molar-refractivity contribution >= 4 is 5.97 Å². The number of rotatable bonds is 18. The van der Waals surface area contributed by atoms with Crippen LogP contribution in [-0.4, -0.2) is 35.0 Å². The van der Waals surface area contributed by atoms with E-state index in [4.69, 9.17) is 9.84 Å². The lowest BCUT2D eigenvalue weighted by Crippen LogP contribution is -2.28. The number of carbonyl (C=O) groups is 1. The summed E-state index contributed by atoms with van der Waals surface area (Å²) in [6, 6.07) is 0. The molecule has 4 heteroatoms. The van der Waals surface area contributed by atoms with Gasteiger partial charge in [-0.3, -0.25) is 0 Å². The largest absolute Gasteiger partial charge is 0.458 e. The van der Waals surface area contributed by atoms with Gasteiger partial charge in [0.1, 0.15) is 6.10 Å². The molecule has 2 N–H and O–H groups in total. The fourth-order valence-electron chi connectivity index (χ4n) is 2.96. The molecule has 0 fully saturated rings. The molecule has 0 aromatic rings. The summed E-state index contributed by atoms with van der Waals surface area (Å²) in [5.74, 6) is -0.615. The summed E-state index contributed by atoms with van der Waals surface area (Å²) in [5, 5.41) is 18.5. The van der Waals surface area contributed by atoms with Crippen molar-refractivity contribution in [2.45, 2.75) is 122 Å². The Morgan fingerprint density at radius 2 is 1.20 bits per heavy atom. The fraction of sp³-hybridized carbons (Fsp3) is 0.952. The van der Waals surface area contributed by atoms with E-state index in [0.717, 1.165) is 12.8 Å². The van der Waals surface area contributed by atoms with Gasteiger partial charge in [-0.15, -0.1) is 0 Å². The number of aliphatic hydroxyl groups excluding tert-OH is 2. The van der Waals surface area contributed by atoms with Crippen LogP contribution < -0.4 is 0 Å². The van der Waals surface area contributed by atoms with E-state index in [2.05, 4.69) is 6.92 Å². The van der Waals surface area contributed by atoms with E-state index in [9.17, 15) is 9.90 Å². The number of unbranched alkanes of at least 4 members (excludes halogenated alkanes) is 13. The zero-order valence-electron chi connectivity index (χ0n) is 16.7. The lowest BCUT2D eigenvalue weighted by molar-refractivity contribution is -0.160. The predicted molar refractivity (Wildman–Crippen MR) is 104 cm³/mol. The van der Waals surface area contributed by atoms with E-state index in [-0.39, 0.29) is 6.61 Å². The third-order valence-corrected chi connectivity index (χ3v) is 4.68. The minimum Gasteiger partial charge on any atom is -0.458 e. The van der Waals surface area contributed by atoms with Gasteiger partial charge in [0.2, 0.25) is 0 Å². The first kappa shape index (κ1) is 24.4. The van der Waals surface area contributed by atoms with Crippen LogP contribution in [0.2, 0.25) is 0 Å². The van der Waals surface area contributed by atoms with Crippen molar-refractivity contribution in [2.24, 2.45) is 0 Å². The third-order valence-electron chi connectivity index (χ3n) is 4.68. The monoisotopic (exact) mass is 358 g/mol. The van der Waals surface area contributed by atoms with Crippen LogP contribution in [0.1, 0.15) is 110 Å². The molecule has 0 bridgehead atoms. The number of carbonyl (C=O) groups excluding carboxylic acids is 1. The zero-order valence-corrected chi connectivity index (χ0v) is 16.7. The Labute approximate surface area is 155 Å². The first-order valence-corrected chi connectivity index (χ1v) is 10.6. The third kappa shape index (κ3) is 16.6. The van der Waals surface area contributed by atoms with Gasteiger partial charge < -0.3 is 14.9 Å². The molecular formula is C21H42O4. The Morgan fingerprint density at radius 3 is 1.60 bits per heavy atom. The number of esters is 1. The van der Waals surface area contributed by atoms with Gasteiger partial charge in [0.05, 0.1) is 6.61 Å². The highest BCUT2D eigenvalue weighted by atomic mass is 16.6. The molecule has 2 unspecified atom stereocenters. The highest BCUT2D eigenvalue weighted by Crippen LogP contribution is 2.14. The Hall–Kier alpha value is -0.610. The zero-order chi connectivity index (χ0) is 18.8. The highest BCUT2D eigenvalue weighted by Gasteiger charge is 2.18. The molecule has 0 aliphatic rings. The van der Waals surface area contributed by atoms with Crippen LogP contribution in [0.15, 0.2) is 0 Å². The Bertz CT molecular complexity index is 294. The molecule has 0 aromatic heterocycles. The smallest absolute Gasteiger partial charge is 0.335 e. The normalized spacial score (nSPS) is 13.6. The molecule has 0 heterocycles. The molecule has 0 spiro atoms. The summed E-state index contributed by atoms with van der Waals surface area (Å²) in [6.45, 7) is 3.66. The van der Waals surface area contributed by atoms with E-state index in [1.165, 1.54) is 77.0 Å². The van der Waals surface area contributed by atoms with Gasteiger partial charge in [-0.1, -0.05) is 96.8 Å². The average molecular weight is 359 g/mol. The van der Waals surface area contributed by atoms with Crippen LogP contribution in [0.4, 0.5) is 0 Å². The van der Waals surface area contributed by atoms with Crippen molar-refractivity contribution < 1.29 is 19.7 Å². The molecular weight excluding hydrogens is 316 g/mol. The SMILES string of the molecule is CCCCCCCCCCCCCCCCC(O)C(=O)OC(C)CO. The maximum Gasteiger partial charge on any atom is 0.335 e. The minimum atomic E-state index is -1.05. The van der Waals surface area contributed by atoms with Crippen molar-refractivity contribution in [1.82, 2.24) is 0 Å². The Kier molecular flexibility index (Phi) is 17.7. The molecule has 150 valence electrons. The standard InChI is InChI=1S/C21H42O4/c1-3-4-5-6-7-8-9-10-11-12-13-14-15-16-17-20(23)21(24)25-19(2)18-22/h19-20,22-23H,3-18H2,1-2H3. The summed E-state index contributed by atoms with van der Waals surface area (Å²) < 4.78 is 4.89. The van der Waals surface area contributed by atoms with E-state index < -0.39 is 18.2 Å². The van der Waals surface area contributed by atoms with Gasteiger partial charge >= 0.3 is 5.97 Å². The van der Waals surface area contributed by atoms with E-state index in [1.807, 2.05) is 0 Å². The van der Waals surface area contributed by atoms with Gasteiger partial charge in [-0.2, -0.15) is 0 Å². The van der Waals surface area contributed by atoms with Crippen LogP contribution in [0.5, 0.6) is 0 Å². The maximum absolute atomic E-state index is 11.5. The van der Waals surface area contributed by atoms with Crippen molar-refractivity contribution in [1.29, 1.82) is 0 Å². The second kappa shape index (κ2) is 18.2. The van der Waals surface area contributed by atoms with Crippen molar-refractivity contribution in [3.8, 4) is 0 Å². The molecule has 25 heavy (non-hydrogen) atoms. The molecule has 0 aliphatic heterocycles. The van der Waals surface area contributed by atoms with Gasteiger partial charge in [0.15, 0.2) is 6.10 Å². The minimum absolute atomic E-state index is 0.211. The van der Waals surface area contributed by atoms with Crippen LogP contribution in [0.3, 0.4) is 0 Å². The second-order valence-corrected chi connectivity index (χ2v) is 7.33. The molecule has 2 atom stereocenters. The topological polar surface area (TPSA) is 66.8 Å². The van der Waals surface area contributed by atoms with E-state index in [1.54, 1.807) is 6.92 Å². The molecule has 0 saturated heterocycles. The van der Waals surface area contributed by atoms with Gasteiger partial charge in [0, 0.05) is 0 Å². The van der Waals surface area contributed by atoms with Crippen LogP contribution >= 0.6 is 0 Å². The highest BCUT2D eigenvalue weighted by molar-refractivity contribution is 5.74. The molecule has 0 rings (SSSR count). The Morgan fingerprint density at radius 1 is 0.800 bits per heavy atom. The van der Waals surface area contributed by atoms with Crippen LogP contribution in [-0.2, 0) is 9.53 Å². The molecule has 0 aromatic carbocycles. The van der Waals surface area contributed by atoms with Gasteiger partial charge in [0.25, 0.3) is 0 Å². The van der Waals surface area contributed by atoms with Crippen molar-refractivity contribution in [3.63, 3.8) is 0 Å². The van der Waals surface area contributed by atoms with Gasteiger partial charge in [-0.05, 0) is 13.3 Å². The molecule has 4 nitrogen and oxygen atoms in total. The summed E-state index contributed by atoms with van der Waals surface area (Å²) in [5.41, 5.74) is 0. The lowest BCUT2D eigenvalue weighted by Gasteiger charge is -2.14. The predicted octanol–water partition coefficient (Wildman–Crippen LogP) is 5.14. The summed E-state index contributed by atoms with van der Waals surface area (Å²) in [6.07, 6.45) is 16.9. The van der Waals surface area contributed by atoms with Gasteiger partial charge in [-0.25, -0.2) is 4.79 Å². The van der Waals surface area contributed by atoms with Crippen LogP contribution in [0, 0.1) is 0 Å². The molecule has 0 saturated carbocycles. The van der Waals surface area contributed by atoms with E-state index >= 15 is 0 Å². The number of ether oxygens (including phenoxy) is 1. The summed E-state index contributed by atoms with van der Waals surface area (Å²) in [4.78, 5) is 11.5. The first-order valence-electron chi connectivity index (χ1n) is 10.6. The quantitative estimate of drug-likeness (QED) is 0.263. The number of hydrogen-bond acceptors (Lipinski definition) is 4. The molecule has 0 radical (unpaired) electrons. The lowest BCUT2D eigenvalue weighted by atomic mass is 10.0. The average Bonchev–Trinajstić information content (AvgIpc) is 2.61. The maximum atomic E-state index is 11.5. The van der Waals surface area contributed by atoms with Crippen molar-refractivity contribution in [3.05, 3.63) is 0 Å². The first-order chi connectivity index (χ1) is 12.1. The van der Waals surface area contributed by atoms with Crippen LogP contribution in [0.25, 0.3) is 0 Å². The summed E-state index contributed by atoms with van der Waals surface area (Å²) in [7, 11) is 0. The number of aliphatic hydroxyl groups is 2. The number of hydrogen-bond donors (Lipinski definition) is 2. The molecule has 0 amide bonds. The summed E-state index contributed by atoms with van der Waals surface area (Å²) >= 11 is 0. The fourth-order valence-corrected chi connectivity index (χ4v) is 2.96. The van der Waals surface area contributed by atoms with Crippen molar-refractivity contribution in [2.75, 3.05) is 6.61 Å². The second-order valence-electron chi connectivity index (χ2n) is 7.33.